The average molecular weight is 1250 g/mol. The van der Waals surface area contributed by atoms with E-state index >= 15 is 0 Å². The Labute approximate surface area is 534 Å². The van der Waals surface area contributed by atoms with Gasteiger partial charge in [0.15, 0.2) is 46.0 Å². The van der Waals surface area contributed by atoms with Gasteiger partial charge in [0.1, 0.15) is 46.0 Å². The molecule has 0 aromatic heterocycles. The maximum atomic E-state index is 13.1. The van der Waals surface area contributed by atoms with E-state index in [4.69, 9.17) is 18.9 Å². The van der Waals surface area contributed by atoms with E-state index in [9.17, 15) is 61.3 Å². The first kappa shape index (κ1) is 61.4. The lowest BCUT2D eigenvalue weighted by Crippen LogP contribution is -2.23. The van der Waals surface area contributed by atoms with E-state index in [2.05, 4.69) is 0 Å². The van der Waals surface area contributed by atoms with Gasteiger partial charge in [0.2, 0.25) is 0 Å². The number of hydrogen-bond acceptors (Lipinski definition) is 16. The van der Waals surface area contributed by atoms with Gasteiger partial charge in [-0.1, -0.05) is 49.9 Å². The molecule has 12 N–H and O–H groups in total. The molecule has 0 spiro atoms. The molecule has 480 valence electrons. The van der Waals surface area contributed by atoms with Crippen LogP contribution in [0.25, 0.3) is 0 Å². The summed E-state index contributed by atoms with van der Waals surface area (Å²) in [5.74, 6) is -8.33. The fourth-order valence-corrected chi connectivity index (χ4v) is 15.1. The summed E-state index contributed by atoms with van der Waals surface area (Å²) in [5, 5.41) is 143. The third-order valence-electron chi connectivity index (χ3n) is 19.8. The van der Waals surface area contributed by atoms with E-state index in [1.54, 1.807) is 48.5 Å². The minimum absolute atomic E-state index is 0.182. The second-order valence-corrected chi connectivity index (χ2v) is 26.0. The van der Waals surface area contributed by atoms with Gasteiger partial charge in [0.05, 0.1) is 24.4 Å². The minimum Gasteiger partial charge on any atom is -0.507 e. The van der Waals surface area contributed by atoms with Crippen LogP contribution in [0.15, 0.2) is 121 Å². The summed E-state index contributed by atoms with van der Waals surface area (Å²) in [6, 6.07) is 30.7. The van der Waals surface area contributed by atoms with E-state index in [-0.39, 0.29) is 92.7 Å². The Hall–Kier alpha value is -9.44. The molecule has 8 aromatic carbocycles. The molecule has 0 unspecified atom stereocenters. The molecule has 0 saturated heterocycles. The van der Waals surface area contributed by atoms with Gasteiger partial charge in [-0.05, 0) is 198 Å². The van der Waals surface area contributed by atoms with Crippen molar-refractivity contribution in [3.8, 4) is 92.0 Å². The van der Waals surface area contributed by atoms with Crippen molar-refractivity contribution < 1.29 is 80.2 Å². The largest absolute Gasteiger partial charge is 0.507 e. The summed E-state index contributed by atoms with van der Waals surface area (Å²) in [4.78, 5) is 0. The van der Waals surface area contributed by atoms with E-state index in [0.717, 1.165) is 77.0 Å². The van der Waals surface area contributed by atoms with Gasteiger partial charge in [-0.15, -0.1) is 0 Å². The molecule has 5 aliphatic carbocycles. The number of hydrogen-bond donors (Lipinski definition) is 12. The molecule has 16 heteroatoms. The Morgan fingerprint density at radius 3 is 0.587 bits per heavy atom. The molecule has 13 rings (SSSR count). The number of phenols is 12. The van der Waals surface area contributed by atoms with Crippen molar-refractivity contribution >= 4 is 0 Å². The minimum atomic E-state index is -1.23. The lowest BCUT2D eigenvalue weighted by Gasteiger charge is -2.33. The van der Waals surface area contributed by atoms with E-state index in [1.807, 2.05) is 0 Å². The molecule has 0 aliphatic heterocycles. The van der Waals surface area contributed by atoms with Crippen LogP contribution in [-0.4, -0.2) is 85.7 Å². The molecule has 4 fully saturated rings. The number of fused-ring (bicyclic) bond motifs is 8. The maximum absolute atomic E-state index is 13.1. The summed E-state index contributed by atoms with van der Waals surface area (Å²) < 4.78 is 28.6. The van der Waals surface area contributed by atoms with Crippen molar-refractivity contribution in [2.24, 2.45) is 0 Å². The molecule has 5 aliphatic rings. The van der Waals surface area contributed by atoms with Crippen LogP contribution in [-0.2, 0) is 0 Å². The van der Waals surface area contributed by atoms with Crippen LogP contribution in [0.4, 0.5) is 0 Å². The maximum Gasteiger partial charge on any atom is 0.157 e. The highest BCUT2D eigenvalue weighted by atomic mass is 16.5. The van der Waals surface area contributed by atoms with Gasteiger partial charge in [0.25, 0.3) is 0 Å². The zero-order chi connectivity index (χ0) is 63.9. The molecule has 8 aromatic rings. The molecular weight excluding hydrogens is 1170 g/mol. The van der Waals surface area contributed by atoms with E-state index in [1.165, 1.54) is 72.8 Å². The van der Waals surface area contributed by atoms with Gasteiger partial charge in [-0.3, -0.25) is 0 Å². The van der Waals surface area contributed by atoms with Crippen molar-refractivity contribution in [2.45, 2.75) is 177 Å². The van der Waals surface area contributed by atoms with Gasteiger partial charge >= 0.3 is 0 Å². The molecule has 8 bridgehead atoms. The van der Waals surface area contributed by atoms with E-state index in [0.29, 0.717) is 95.9 Å². The Bertz CT molecular complexity index is 3610. The van der Waals surface area contributed by atoms with Crippen molar-refractivity contribution in [1.29, 1.82) is 0 Å². The van der Waals surface area contributed by atoms with Crippen LogP contribution < -0.4 is 18.9 Å². The SMILES string of the molecule is Oc1ccc(C2c3cc(c(OC4CCCCC4)cc3O)C(c3ccc(O)c(O)c3)c3cc(c(O)cc3OC3CCCCC3)C(c3ccc(O)c(O)c3)c3cc(c(OC4CCCCC4)cc3O)C(c3ccc(O)c(O)c3)c3cc2c(O)cc3OC2CCCCC2)cc1O. The second kappa shape index (κ2) is 26.0. The fraction of sp³-hybridized carbons (Fsp3) is 0.368. The summed E-state index contributed by atoms with van der Waals surface area (Å²) in [5.41, 5.74) is 3.77. The zero-order valence-corrected chi connectivity index (χ0v) is 51.3. The predicted molar refractivity (Wildman–Crippen MR) is 345 cm³/mol. The van der Waals surface area contributed by atoms with Crippen molar-refractivity contribution in [3.05, 3.63) is 188 Å². The number of aromatic hydroxyl groups is 12. The Kier molecular flexibility index (Phi) is 17.4. The lowest BCUT2D eigenvalue weighted by molar-refractivity contribution is 0.151. The van der Waals surface area contributed by atoms with Gasteiger partial charge in [-0.25, -0.2) is 0 Å². The summed E-state index contributed by atoms with van der Waals surface area (Å²) in [7, 11) is 0. The van der Waals surface area contributed by atoms with Crippen LogP contribution in [0, 0.1) is 0 Å². The fourth-order valence-electron chi connectivity index (χ4n) is 15.1. The highest BCUT2D eigenvalue weighted by molar-refractivity contribution is 5.69. The first-order valence-electron chi connectivity index (χ1n) is 32.7. The Morgan fingerprint density at radius 2 is 0.391 bits per heavy atom. The first-order chi connectivity index (χ1) is 44.5. The van der Waals surface area contributed by atoms with Gasteiger partial charge < -0.3 is 80.2 Å². The van der Waals surface area contributed by atoms with Crippen LogP contribution in [0.5, 0.6) is 92.0 Å². The highest BCUT2D eigenvalue weighted by Crippen LogP contribution is 2.57. The quantitative estimate of drug-likeness (QED) is 0.0507. The van der Waals surface area contributed by atoms with E-state index < -0.39 is 69.7 Å². The molecule has 0 atom stereocenters. The average Bonchev–Trinajstić information content (AvgIpc) is 0.743. The number of benzene rings is 8. The first-order valence-corrected chi connectivity index (χ1v) is 32.7. The zero-order valence-electron chi connectivity index (χ0n) is 51.3. The van der Waals surface area contributed by atoms with Crippen LogP contribution in [0.2, 0.25) is 0 Å². The molecule has 4 saturated carbocycles. The second-order valence-electron chi connectivity index (χ2n) is 26.0. The molecule has 0 radical (unpaired) electrons. The number of phenolic OH excluding ortho intramolecular Hbond substituents is 12. The monoisotopic (exact) mass is 1250 g/mol. The van der Waals surface area contributed by atoms with Crippen molar-refractivity contribution in [3.63, 3.8) is 0 Å². The summed E-state index contributed by atoms with van der Waals surface area (Å²) in [6.45, 7) is 0. The molecular formula is C76H80O16. The summed E-state index contributed by atoms with van der Waals surface area (Å²) in [6.07, 6.45) is 15.4. The van der Waals surface area contributed by atoms with Crippen LogP contribution >= 0.6 is 0 Å². The van der Waals surface area contributed by atoms with Crippen LogP contribution in [0.1, 0.15) is 219 Å². The Morgan fingerprint density at radius 1 is 0.196 bits per heavy atom. The Balaban J connectivity index is 1.22. The number of ether oxygens (including phenoxy) is 4. The standard InChI is InChI=1S/C76H80O16/c77-57-25-21-41(29-65(57)85)73-49-33-53(69(37-61(49)81)89-45-13-5-1-6-14-45)75(43-23-27-59(79)67(87)31-43)54-34-50(62(82)38-70(54)90-46-15-7-2-8-16-46)74(42-22-26-58(78)66(86)30-42)52-36-56(72(40-64(52)84)92-48-19-11-4-12-20-48)76(44-24-28-60(80)68(88)32-44)55-35-51(73)63(83)39-71(55)91-47-17-9-3-10-18-47/h21-40,45-48,73-88H,1-20H2. The normalized spacial score (nSPS) is 20.1. The summed E-state index contributed by atoms with van der Waals surface area (Å²) >= 11 is 0. The smallest absolute Gasteiger partial charge is 0.157 e. The molecule has 0 heterocycles. The van der Waals surface area contributed by atoms with Crippen molar-refractivity contribution in [1.82, 2.24) is 0 Å². The third kappa shape index (κ3) is 12.4. The number of rotatable bonds is 12. The molecule has 0 amide bonds. The van der Waals surface area contributed by atoms with Gasteiger partial charge in [-0.2, -0.15) is 0 Å². The molecule has 16 nitrogen and oxygen atoms in total. The van der Waals surface area contributed by atoms with Crippen LogP contribution in [0.3, 0.4) is 0 Å². The third-order valence-corrected chi connectivity index (χ3v) is 19.8. The molecule has 92 heavy (non-hydrogen) atoms. The van der Waals surface area contributed by atoms with Crippen molar-refractivity contribution in [2.75, 3.05) is 0 Å². The predicted octanol–water partition coefficient (Wildman–Crippen LogP) is 16.0. The lowest BCUT2D eigenvalue weighted by atomic mass is 9.75. The van der Waals surface area contributed by atoms with Gasteiger partial charge in [0, 0.05) is 92.4 Å². The highest BCUT2D eigenvalue weighted by Gasteiger charge is 2.39. The topological polar surface area (TPSA) is 280 Å².